The van der Waals surface area contributed by atoms with Gasteiger partial charge in [-0.05, 0) is 30.5 Å². The number of halogens is 1. The smallest absolute Gasteiger partial charge is 0.327 e. The van der Waals surface area contributed by atoms with Crippen LogP contribution >= 0.6 is 11.6 Å². The molecule has 0 saturated heterocycles. The van der Waals surface area contributed by atoms with E-state index in [9.17, 15) is 14.4 Å². The van der Waals surface area contributed by atoms with Crippen LogP contribution in [0.25, 0.3) is 0 Å². The van der Waals surface area contributed by atoms with Crippen molar-refractivity contribution in [3.63, 3.8) is 0 Å². The fraction of sp³-hybridized carbons (Fsp3) is 0.235. The number of rotatable bonds is 1. The second kappa shape index (κ2) is 5.49. The van der Waals surface area contributed by atoms with E-state index in [0.29, 0.717) is 34.8 Å². The molecule has 1 aromatic carbocycles. The van der Waals surface area contributed by atoms with Crippen LogP contribution in [0.1, 0.15) is 36.3 Å². The number of benzene rings is 1. The van der Waals surface area contributed by atoms with Crippen LogP contribution in [0.4, 0.5) is 5.82 Å². The Kier molecular flexibility index (Phi) is 3.42. The van der Waals surface area contributed by atoms with Gasteiger partial charge in [0.2, 0.25) is 0 Å². The number of aromatic nitrogens is 2. The first-order valence-corrected chi connectivity index (χ1v) is 8.07. The number of Topliss-reactive ketones (excluding diaryl/α,β-unsaturated/α-hetero) is 1. The molecule has 0 spiro atoms. The lowest BCUT2D eigenvalue weighted by molar-refractivity contribution is -0.116. The summed E-state index contributed by atoms with van der Waals surface area (Å²) in [5.41, 5.74) is 1.46. The van der Waals surface area contributed by atoms with E-state index in [-0.39, 0.29) is 5.78 Å². The topological polar surface area (TPSA) is 94.8 Å². The molecule has 3 N–H and O–H groups in total. The standard InChI is InChI=1S/C17H14ClN3O3/c18-9-6-4-8(5-7-9)12-13-10(2-1-3-11(13)22)19-15-14(12)16(23)21-17(24)20-15/h4-7,12H,1-3H2,(H3,19,20,21,23,24)/t12-/m0/s1. The fourth-order valence-corrected chi connectivity index (χ4v) is 3.61. The van der Waals surface area contributed by atoms with Gasteiger partial charge in [-0.1, -0.05) is 23.7 Å². The predicted molar refractivity (Wildman–Crippen MR) is 90.5 cm³/mol. The number of aromatic amines is 2. The second-order valence-corrected chi connectivity index (χ2v) is 6.41. The number of ketones is 1. The molecule has 1 atom stereocenters. The molecule has 0 saturated carbocycles. The van der Waals surface area contributed by atoms with Gasteiger partial charge in [0, 0.05) is 28.6 Å². The maximum Gasteiger partial charge on any atom is 0.327 e. The van der Waals surface area contributed by atoms with Gasteiger partial charge < -0.3 is 5.32 Å². The third-order valence-electron chi connectivity index (χ3n) is 4.49. The average Bonchev–Trinajstić information content (AvgIpc) is 2.54. The Hall–Kier alpha value is -2.60. The molecular weight excluding hydrogens is 330 g/mol. The highest BCUT2D eigenvalue weighted by Crippen LogP contribution is 2.42. The van der Waals surface area contributed by atoms with E-state index in [1.54, 1.807) is 24.3 Å². The number of allylic oxidation sites excluding steroid dienone is 2. The molecule has 0 unspecified atom stereocenters. The Bertz CT molecular complexity index is 985. The molecule has 7 heteroatoms. The molecule has 122 valence electrons. The predicted octanol–water partition coefficient (Wildman–Crippen LogP) is 2.28. The van der Waals surface area contributed by atoms with E-state index in [2.05, 4.69) is 15.3 Å². The number of hydrogen-bond acceptors (Lipinski definition) is 4. The molecule has 1 aliphatic heterocycles. The van der Waals surface area contributed by atoms with Crippen LogP contribution in [-0.4, -0.2) is 15.8 Å². The quantitative estimate of drug-likeness (QED) is 0.740. The number of carbonyl (C=O) groups excluding carboxylic acids is 1. The Morgan fingerprint density at radius 2 is 1.75 bits per heavy atom. The molecule has 1 aromatic heterocycles. The van der Waals surface area contributed by atoms with E-state index in [1.165, 1.54) is 0 Å². The van der Waals surface area contributed by atoms with E-state index >= 15 is 0 Å². The molecule has 1 aliphatic carbocycles. The van der Waals surface area contributed by atoms with Crippen LogP contribution in [0.2, 0.25) is 5.02 Å². The maximum absolute atomic E-state index is 12.6. The van der Waals surface area contributed by atoms with Gasteiger partial charge in [0.1, 0.15) is 5.82 Å². The van der Waals surface area contributed by atoms with Crippen LogP contribution < -0.4 is 16.6 Å². The van der Waals surface area contributed by atoms with Crippen LogP contribution in [0.5, 0.6) is 0 Å². The summed E-state index contributed by atoms with van der Waals surface area (Å²) in [5.74, 6) is -0.126. The monoisotopic (exact) mass is 343 g/mol. The average molecular weight is 344 g/mol. The van der Waals surface area contributed by atoms with Crippen LogP contribution in [-0.2, 0) is 4.79 Å². The lowest BCUT2D eigenvalue weighted by atomic mass is 9.76. The zero-order valence-electron chi connectivity index (χ0n) is 12.6. The second-order valence-electron chi connectivity index (χ2n) is 5.98. The molecule has 2 aromatic rings. The van der Waals surface area contributed by atoms with Crippen molar-refractivity contribution in [2.75, 3.05) is 5.32 Å². The summed E-state index contributed by atoms with van der Waals surface area (Å²) < 4.78 is 0. The van der Waals surface area contributed by atoms with Crippen molar-refractivity contribution in [3.05, 3.63) is 72.5 Å². The molecule has 0 amide bonds. The van der Waals surface area contributed by atoms with Crippen LogP contribution in [0.3, 0.4) is 0 Å². The maximum atomic E-state index is 12.6. The summed E-state index contributed by atoms with van der Waals surface area (Å²) in [7, 11) is 0. The molecule has 2 heterocycles. The molecule has 0 radical (unpaired) electrons. The van der Waals surface area contributed by atoms with Crippen molar-refractivity contribution in [2.24, 2.45) is 0 Å². The lowest BCUT2D eigenvalue weighted by Gasteiger charge is -2.32. The van der Waals surface area contributed by atoms with Gasteiger partial charge in [0.25, 0.3) is 5.56 Å². The Balaban J connectivity index is 2.01. The van der Waals surface area contributed by atoms with Gasteiger partial charge in [-0.15, -0.1) is 0 Å². The Morgan fingerprint density at radius 1 is 1.00 bits per heavy atom. The molecule has 6 nitrogen and oxygen atoms in total. The molecule has 0 bridgehead atoms. The van der Waals surface area contributed by atoms with Crippen molar-refractivity contribution in [1.29, 1.82) is 0 Å². The zero-order valence-corrected chi connectivity index (χ0v) is 13.4. The molecule has 4 rings (SSSR count). The van der Waals surface area contributed by atoms with Gasteiger partial charge in [0.05, 0.1) is 5.56 Å². The van der Waals surface area contributed by atoms with Crippen LogP contribution in [0, 0.1) is 0 Å². The molecular formula is C17H14ClN3O3. The third kappa shape index (κ3) is 2.30. The van der Waals surface area contributed by atoms with E-state index < -0.39 is 17.2 Å². The SMILES string of the molecule is O=C1CCCC2=C1[C@H](c1ccc(Cl)cc1)c1c([nH]c(=O)[nH]c1=O)N2. The van der Waals surface area contributed by atoms with E-state index in [4.69, 9.17) is 11.6 Å². The highest BCUT2D eigenvalue weighted by atomic mass is 35.5. The minimum atomic E-state index is -0.577. The van der Waals surface area contributed by atoms with Crippen LogP contribution in [0.15, 0.2) is 45.1 Å². The molecule has 24 heavy (non-hydrogen) atoms. The van der Waals surface area contributed by atoms with Gasteiger partial charge in [-0.2, -0.15) is 0 Å². The first-order chi connectivity index (χ1) is 11.5. The molecule has 0 fully saturated rings. The third-order valence-corrected chi connectivity index (χ3v) is 4.74. The minimum absolute atomic E-state index is 0.0277. The highest BCUT2D eigenvalue weighted by molar-refractivity contribution is 6.30. The van der Waals surface area contributed by atoms with E-state index in [0.717, 1.165) is 17.7 Å². The normalized spacial score (nSPS) is 19.5. The van der Waals surface area contributed by atoms with Crippen molar-refractivity contribution in [2.45, 2.75) is 25.2 Å². The summed E-state index contributed by atoms with van der Waals surface area (Å²) in [6.45, 7) is 0. The van der Waals surface area contributed by atoms with Crippen molar-refractivity contribution >= 4 is 23.2 Å². The minimum Gasteiger partial charge on any atom is -0.344 e. The lowest BCUT2D eigenvalue weighted by Crippen LogP contribution is -2.36. The summed E-state index contributed by atoms with van der Waals surface area (Å²) in [4.78, 5) is 41.5. The van der Waals surface area contributed by atoms with Gasteiger partial charge in [-0.25, -0.2) is 4.79 Å². The summed E-state index contributed by atoms with van der Waals surface area (Å²) >= 11 is 5.96. The number of fused-ring (bicyclic) bond motifs is 1. The van der Waals surface area contributed by atoms with Gasteiger partial charge in [-0.3, -0.25) is 19.6 Å². The first kappa shape index (κ1) is 15.0. The summed E-state index contributed by atoms with van der Waals surface area (Å²) in [6.07, 6.45) is 1.92. The van der Waals surface area contributed by atoms with Gasteiger partial charge in [0.15, 0.2) is 5.78 Å². The van der Waals surface area contributed by atoms with Crippen molar-refractivity contribution in [1.82, 2.24) is 9.97 Å². The number of nitrogens with one attached hydrogen (secondary N) is 3. The first-order valence-electron chi connectivity index (χ1n) is 7.70. The number of anilines is 1. The largest absolute Gasteiger partial charge is 0.344 e. The Morgan fingerprint density at radius 3 is 2.50 bits per heavy atom. The van der Waals surface area contributed by atoms with Crippen molar-refractivity contribution < 1.29 is 4.79 Å². The number of carbonyl (C=O) groups is 1. The summed E-state index contributed by atoms with van der Waals surface area (Å²) in [6, 6.07) is 7.07. The van der Waals surface area contributed by atoms with Gasteiger partial charge >= 0.3 is 5.69 Å². The Labute approximate surface area is 141 Å². The highest BCUT2D eigenvalue weighted by Gasteiger charge is 2.37. The number of hydrogen-bond donors (Lipinski definition) is 3. The number of H-pyrrole nitrogens is 2. The fourth-order valence-electron chi connectivity index (χ4n) is 3.48. The van der Waals surface area contributed by atoms with E-state index in [1.807, 2.05) is 0 Å². The molecule has 2 aliphatic rings. The zero-order chi connectivity index (χ0) is 16.8. The summed E-state index contributed by atoms with van der Waals surface area (Å²) in [5, 5.41) is 3.66. The van der Waals surface area contributed by atoms with Crippen molar-refractivity contribution in [3.8, 4) is 0 Å².